The number of aromatic carboxylic acids is 1. The van der Waals surface area contributed by atoms with Gasteiger partial charge < -0.3 is 13.9 Å². The Balaban J connectivity index is 0.000000187. The minimum Gasteiger partial charge on any atom is -0.478 e. The maximum absolute atomic E-state index is 13.0. The van der Waals surface area contributed by atoms with Gasteiger partial charge in [0.2, 0.25) is 0 Å². The summed E-state index contributed by atoms with van der Waals surface area (Å²) in [5.74, 6) is 0.166. The van der Waals surface area contributed by atoms with Gasteiger partial charge in [0, 0.05) is 35.4 Å². The molecule has 0 saturated carbocycles. The lowest BCUT2D eigenvalue weighted by atomic mass is 10.0. The number of furan rings is 2. The minimum atomic E-state index is -4.41. The van der Waals surface area contributed by atoms with Crippen LogP contribution < -0.4 is 0 Å². The zero-order valence-corrected chi connectivity index (χ0v) is 29.1. The van der Waals surface area contributed by atoms with Gasteiger partial charge in [-0.25, -0.2) is 4.79 Å². The highest BCUT2D eigenvalue weighted by Gasteiger charge is 2.31. The third-order valence-electron chi connectivity index (χ3n) is 8.60. The van der Waals surface area contributed by atoms with Crippen LogP contribution in [0.25, 0.3) is 33.2 Å². The summed E-state index contributed by atoms with van der Waals surface area (Å²) >= 11 is 3.42. The van der Waals surface area contributed by atoms with E-state index in [9.17, 15) is 36.2 Å². The van der Waals surface area contributed by atoms with Gasteiger partial charge in [-0.1, -0.05) is 60.7 Å². The first-order chi connectivity index (χ1) is 24.6. The number of aryl methyl sites for hydroxylation is 2. The van der Waals surface area contributed by atoms with E-state index in [1.165, 1.54) is 36.5 Å². The summed E-state index contributed by atoms with van der Waals surface area (Å²) < 4.78 is 90.1. The number of carbonyl (C=O) groups is 1. The number of aromatic nitrogens is 1. The third kappa shape index (κ3) is 7.76. The largest absolute Gasteiger partial charge is 0.478 e. The summed E-state index contributed by atoms with van der Waals surface area (Å²) in [5, 5.41) is 11.0. The molecular weight excluding hydrogens is 752 g/mol. The summed E-state index contributed by atoms with van der Waals surface area (Å²) in [6.45, 7) is 3.76. The summed E-state index contributed by atoms with van der Waals surface area (Å²) in [5.41, 5.74) is 3.90. The Labute approximate surface area is 301 Å². The monoisotopic (exact) mass is 779 g/mol. The van der Waals surface area contributed by atoms with Crippen molar-refractivity contribution in [2.24, 2.45) is 0 Å². The number of para-hydroxylation sites is 2. The van der Waals surface area contributed by atoms with Gasteiger partial charge in [-0.05, 0) is 88.4 Å². The fourth-order valence-corrected chi connectivity index (χ4v) is 6.33. The van der Waals surface area contributed by atoms with Crippen molar-refractivity contribution in [3.05, 3.63) is 158 Å². The van der Waals surface area contributed by atoms with Crippen molar-refractivity contribution in [3.8, 4) is 11.3 Å². The molecule has 0 bridgehead atoms. The second kappa shape index (κ2) is 14.3. The maximum atomic E-state index is 13.0. The number of rotatable bonds is 6. The lowest BCUT2D eigenvalue weighted by molar-refractivity contribution is -0.138. The van der Waals surface area contributed by atoms with Crippen molar-refractivity contribution in [1.29, 1.82) is 0 Å². The molecule has 0 aliphatic heterocycles. The number of alkyl halides is 6. The Bertz CT molecular complexity index is 2430. The normalized spacial score (nSPS) is 11.9. The molecule has 4 aromatic carbocycles. The molecule has 3 aromatic heterocycles. The van der Waals surface area contributed by atoms with Gasteiger partial charge in [0.05, 0.1) is 26.9 Å². The molecule has 0 unspecified atom stereocenters. The Kier molecular flexibility index (Phi) is 10.0. The van der Waals surface area contributed by atoms with E-state index in [1.54, 1.807) is 18.2 Å². The van der Waals surface area contributed by atoms with Crippen molar-refractivity contribution in [2.45, 2.75) is 39.0 Å². The molecule has 3 heterocycles. The average molecular weight is 781 g/mol. The van der Waals surface area contributed by atoms with E-state index in [-0.39, 0.29) is 12.0 Å². The van der Waals surface area contributed by atoms with Crippen molar-refractivity contribution < 1.29 is 45.1 Å². The average Bonchev–Trinajstić information content (AvgIpc) is 3.60. The van der Waals surface area contributed by atoms with Crippen molar-refractivity contribution in [3.63, 3.8) is 0 Å². The van der Waals surface area contributed by atoms with E-state index in [4.69, 9.17) is 8.83 Å². The van der Waals surface area contributed by atoms with Gasteiger partial charge in [0.1, 0.15) is 22.7 Å². The van der Waals surface area contributed by atoms with Crippen LogP contribution in [0, 0.1) is 13.8 Å². The third-order valence-corrected chi connectivity index (χ3v) is 9.22. The van der Waals surface area contributed by atoms with E-state index in [2.05, 4.69) is 20.9 Å². The molecule has 0 aliphatic rings. The number of fused-ring (bicyclic) bond motifs is 2. The Morgan fingerprint density at radius 3 is 1.71 bits per heavy atom. The minimum absolute atomic E-state index is 0.101. The predicted octanol–water partition coefficient (Wildman–Crippen LogP) is 12.2. The summed E-state index contributed by atoms with van der Waals surface area (Å²) in [7, 11) is 0. The standard InChI is InChI=1S/C23H16F3NO3.C17H12BrF3O/c1-13-17-6-3-7-18(19-12-15(22(28)29)8-9-27-19)21(17)30-20(13)11-14-4-2-5-16(10-14)23(24,25)26;1-10-13-6-3-7-14(18)16(13)22-15(10)9-11-4-2-5-12(8-11)17(19,20)21/h2-10,12H,11H2,1H3,(H,28,29);2-8H,9H2,1H3. The number of hydrogen-bond donors (Lipinski definition) is 1. The van der Waals surface area contributed by atoms with Crippen LogP contribution in [0.4, 0.5) is 26.3 Å². The first-order valence-electron chi connectivity index (χ1n) is 15.8. The fourth-order valence-electron chi connectivity index (χ4n) is 5.89. The molecule has 7 rings (SSSR count). The van der Waals surface area contributed by atoms with Crippen LogP contribution in [0.15, 0.2) is 117 Å². The number of carboxylic acids is 1. The lowest BCUT2D eigenvalue weighted by Gasteiger charge is -2.08. The second-order valence-electron chi connectivity index (χ2n) is 12.1. The van der Waals surface area contributed by atoms with Crippen LogP contribution in [0.1, 0.15) is 55.3 Å². The Hall–Kier alpha value is -5.36. The SMILES string of the molecule is Cc1c(Cc2cccc(C(F)(F)F)c2)oc2c(-c3cc(C(=O)O)ccn3)cccc12.Cc1c(Cc2cccc(C(F)(F)F)c2)oc2c(Br)cccc12. The van der Waals surface area contributed by atoms with Crippen molar-refractivity contribution >= 4 is 43.8 Å². The number of hydrogen-bond acceptors (Lipinski definition) is 4. The second-order valence-corrected chi connectivity index (χ2v) is 12.9. The van der Waals surface area contributed by atoms with E-state index in [1.807, 2.05) is 44.2 Å². The first-order valence-corrected chi connectivity index (χ1v) is 16.6. The highest BCUT2D eigenvalue weighted by atomic mass is 79.9. The number of benzene rings is 4. The van der Waals surface area contributed by atoms with Gasteiger partial charge in [-0.2, -0.15) is 26.3 Å². The van der Waals surface area contributed by atoms with Crippen molar-refractivity contribution in [2.75, 3.05) is 0 Å². The van der Waals surface area contributed by atoms with Crippen LogP contribution in [0.5, 0.6) is 0 Å². The maximum Gasteiger partial charge on any atom is 0.416 e. The van der Waals surface area contributed by atoms with Gasteiger partial charge in [-0.3, -0.25) is 4.98 Å². The highest BCUT2D eigenvalue weighted by Crippen LogP contribution is 2.36. The first kappa shape index (κ1) is 36.4. The number of pyridine rings is 1. The van der Waals surface area contributed by atoms with Gasteiger partial charge >= 0.3 is 18.3 Å². The molecule has 266 valence electrons. The molecular formula is C40H28BrF6NO4. The zero-order valence-electron chi connectivity index (χ0n) is 27.5. The van der Waals surface area contributed by atoms with Gasteiger partial charge in [0.15, 0.2) is 0 Å². The quantitative estimate of drug-likeness (QED) is 0.170. The van der Waals surface area contributed by atoms with E-state index in [0.29, 0.717) is 45.9 Å². The van der Waals surface area contributed by atoms with Crippen LogP contribution in [0.3, 0.4) is 0 Å². The van der Waals surface area contributed by atoms with E-state index in [0.717, 1.165) is 50.2 Å². The molecule has 0 saturated heterocycles. The smallest absolute Gasteiger partial charge is 0.416 e. The molecule has 5 nitrogen and oxygen atoms in total. The van der Waals surface area contributed by atoms with Crippen LogP contribution in [0.2, 0.25) is 0 Å². The molecule has 7 aromatic rings. The van der Waals surface area contributed by atoms with Gasteiger partial charge in [-0.15, -0.1) is 0 Å². The topological polar surface area (TPSA) is 76.5 Å². The van der Waals surface area contributed by atoms with Crippen LogP contribution >= 0.6 is 15.9 Å². The Morgan fingerprint density at radius 1 is 0.692 bits per heavy atom. The summed E-state index contributed by atoms with van der Waals surface area (Å²) in [4.78, 5) is 15.5. The molecule has 0 amide bonds. The number of halogens is 7. The van der Waals surface area contributed by atoms with Gasteiger partial charge in [0.25, 0.3) is 0 Å². The van der Waals surface area contributed by atoms with E-state index < -0.39 is 29.4 Å². The molecule has 0 radical (unpaired) electrons. The number of carboxylic acid groups (broad SMARTS) is 1. The molecule has 52 heavy (non-hydrogen) atoms. The van der Waals surface area contributed by atoms with E-state index >= 15 is 0 Å². The zero-order chi connectivity index (χ0) is 37.4. The molecule has 12 heteroatoms. The molecule has 0 atom stereocenters. The fraction of sp³-hybridized carbons (Fsp3) is 0.150. The summed E-state index contributed by atoms with van der Waals surface area (Å²) in [6.07, 6.45) is -6.80. The van der Waals surface area contributed by atoms with Crippen LogP contribution in [-0.2, 0) is 25.2 Å². The number of nitrogens with zero attached hydrogens (tertiary/aromatic N) is 1. The van der Waals surface area contributed by atoms with Crippen molar-refractivity contribution in [1.82, 2.24) is 4.98 Å². The predicted molar refractivity (Wildman–Crippen MR) is 188 cm³/mol. The lowest BCUT2D eigenvalue weighted by Crippen LogP contribution is -2.05. The highest BCUT2D eigenvalue weighted by molar-refractivity contribution is 9.10. The molecule has 0 fully saturated rings. The van der Waals surface area contributed by atoms with Crippen LogP contribution in [-0.4, -0.2) is 16.1 Å². The molecule has 0 spiro atoms. The molecule has 1 N–H and O–H groups in total. The Morgan fingerprint density at radius 2 is 1.19 bits per heavy atom. The molecule has 0 aliphatic carbocycles. The summed E-state index contributed by atoms with van der Waals surface area (Å²) in [6, 6.07) is 24.5.